The van der Waals surface area contributed by atoms with Crippen LogP contribution in [0.15, 0.2) is 0 Å². The van der Waals surface area contributed by atoms with Crippen molar-refractivity contribution in [2.45, 2.75) is 57.8 Å². The van der Waals surface area contributed by atoms with Crippen LogP contribution in [0, 0.1) is 11.3 Å². The highest BCUT2D eigenvalue weighted by Gasteiger charge is 2.65. The summed E-state index contributed by atoms with van der Waals surface area (Å²) in [7, 11) is 0. The maximum atomic E-state index is 14.1. The van der Waals surface area contributed by atoms with Crippen LogP contribution in [-0.4, -0.2) is 11.3 Å². The van der Waals surface area contributed by atoms with Gasteiger partial charge in [-0.1, -0.05) is 20.8 Å². The lowest BCUT2D eigenvalue weighted by molar-refractivity contribution is -0.187. The molecule has 1 unspecified atom stereocenters. The largest absolute Gasteiger partial charge is 0.244 e. The van der Waals surface area contributed by atoms with Gasteiger partial charge in [0.1, 0.15) is 11.3 Å². The summed E-state index contributed by atoms with van der Waals surface area (Å²) >= 11 is 0. The Balaban J connectivity index is 2.17. The second-order valence-corrected chi connectivity index (χ2v) is 6.00. The average molecular weight is 188 g/mol. The standard InChI is InChI=1S/C11H18F2/c1-9(2,3)8-4-5-10(12)6-11(8,13)7-10/h8H,4-7H2,1-3H3. The molecule has 0 amide bonds. The van der Waals surface area contributed by atoms with Gasteiger partial charge in [-0.25, -0.2) is 8.78 Å². The molecule has 13 heavy (non-hydrogen) atoms. The highest BCUT2D eigenvalue weighted by molar-refractivity contribution is 5.15. The van der Waals surface area contributed by atoms with Gasteiger partial charge in [0, 0.05) is 12.8 Å². The smallest absolute Gasteiger partial charge is 0.120 e. The normalized spacial score (nSPS) is 50.1. The number of hydrogen-bond donors (Lipinski definition) is 0. The molecule has 76 valence electrons. The molecule has 0 saturated heterocycles. The Labute approximate surface area is 78.7 Å². The number of alkyl halides is 2. The van der Waals surface area contributed by atoms with Crippen molar-refractivity contribution in [3.8, 4) is 0 Å². The molecule has 1 atom stereocenters. The third-order valence-corrected chi connectivity index (χ3v) is 3.77. The summed E-state index contributed by atoms with van der Waals surface area (Å²) in [5, 5.41) is 0. The number of halogens is 2. The summed E-state index contributed by atoms with van der Waals surface area (Å²) in [6.45, 7) is 6.17. The first-order valence-corrected chi connectivity index (χ1v) is 5.13. The molecule has 3 aliphatic carbocycles. The van der Waals surface area contributed by atoms with E-state index in [-0.39, 0.29) is 24.2 Å². The van der Waals surface area contributed by atoms with E-state index in [9.17, 15) is 8.78 Å². The number of rotatable bonds is 0. The fraction of sp³-hybridized carbons (Fsp3) is 1.00. The Kier molecular flexibility index (Phi) is 1.64. The van der Waals surface area contributed by atoms with E-state index in [4.69, 9.17) is 0 Å². The van der Waals surface area contributed by atoms with E-state index >= 15 is 0 Å². The molecule has 0 radical (unpaired) electrons. The lowest BCUT2D eigenvalue weighted by Crippen LogP contribution is -2.62. The van der Waals surface area contributed by atoms with Crippen LogP contribution in [0.4, 0.5) is 8.78 Å². The molecule has 0 aliphatic heterocycles. The highest BCUT2D eigenvalue weighted by atomic mass is 19.2. The van der Waals surface area contributed by atoms with Gasteiger partial charge in [0.05, 0.1) is 0 Å². The van der Waals surface area contributed by atoms with Crippen LogP contribution in [0.25, 0.3) is 0 Å². The van der Waals surface area contributed by atoms with Crippen LogP contribution in [0.2, 0.25) is 0 Å². The summed E-state index contributed by atoms with van der Waals surface area (Å²) in [4.78, 5) is 0. The number of hydrogen-bond acceptors (Lipinski definition) is 0. The van der Waals surface area contributed by atoms with Gasteiger partial charge in [0.2, 0.25) is 0 Å². The Morgan fingerprint density at radius 1 is 1.15 bits per heavy atom. The minimum atomic E-state index is -1.19. The van der Waals surface area contributed by atoms with Gasteiger partial charge in [-0.2, -0.15) is 0 Å². The minimum Gasteiger partial charge on any atom is -0.244 e. The zero-order valence-electron chi connectivity index (χ0n) is 8.66. The molecule has 3 fully saturated rings. The average Bonchev–Trinajstić information content (AvgIpc) is 1.78. The van der Waals surface area contributed by atoms with Crippen molar-refractivity contribution in [2.75, 3.05) is 0 Å². The first kappa shape index (κ1) is 9.42. The van der Waals surface area contributed by atoms with E-state index in [1.807, 2.05) is 0 Å². The van der Waals surface area contributed by atoms with Crippen molar-refractivity contribution in [1.29, 1.82) is 0 Å². The van der Waals surface area contributed by atoms with Crippen molar-refractivity contribution >= 4 is 0 Å². The van der Waals surface area contributed by atoms with Crippen molar-refractivity contribution in [3.63, 3.8) is 0 Å². The van der Waals surface area contributed by atoms with Crippen LogP contribution in [0.1, 0.15) is 46.5 Å². The van der Waals surface area contributed by atoms with Gasteiger partial charge in [-0.15, -0.1) is 0 Å². The van der Waals surface area contributed by atoms with Gasteiger partial charge in [0.25, 0.3) is 0 Å². The van der Waals surface area contributed by atoms with E-state index in [1.54, 1.807) is 0 Å². The van der Waals surface area contributed by atoms with E-state index in [0.717, 1.165) is 6.42 Å². The molecule has 3 rings (SSSR count). The summed E-state index contributed by atoms with van der Waals surface area (Å²) in [6, 6.07) is 0. The van der Waals surface area contributed by atoms with Crippen molar-refractivity contribution in [1.82, 2.24) is 0 Å². The maximum Gasteiger partial charge on any atom is 0.120 e. The topological polar surface area (TPSA) is 0 Å². The molecule has 0 nitrogen and oxygen atoms in total. The van der Waals surface area contributed by atoms with Crippen LogP contribution < -0.4 is 0 Å². The predicted octanol–water partition coefficient (Wildman–Crippen LogP) is 3.65. The molecular weight excluding hydrogens is 170 g/mol. The molecule has 0 N–H and O–H groups in total. The summed E-state index contributed by atoms with van der Waals surface area (Å²) in [5.74, 6) is 0.0534. The number of fused-ring (bicyclic) bond motifs is 2. The molecule has 0 aromatic rings. The van der Waals surface area contributed by atoms with Crippen LogP contribution in [0.5, 0.6) is 0 Å². The fourth-order valence-corrected chi connectivity index (χ4v) is 3.30. The zero-order valence-corrected chi connectivity index (χ0v) is 8.66. The van der Waals surface area contributed by atoms with E-state index in [2.05, 4.69) is 20.8 Å². The monoisotopic (exact) mass is 188 g/mol. The van der Waals surface area contributed by atoms with Crippen molar-refractivity contribution < 1.29 is 8.78 Å². The van der Waals surface area contributed by atoms with Crippen LogP contribution in [0.3, 0.4) is 0 Å². The zero-order chi connectivity index (χ0) is 9.91. The Morgan fingerprint density at radius 3 is 2.08 bits per heavy atom. The highest BCUT2D eigenvalue weighted by Crippen LogP contribution is 2.62. The molecule has 3 saturated carbocycles. The van der Waals surface area contributed by atoms with Crippen LogP contribution >= 0.6 is 0 Å². The van der Waals surface area contributed by atoms with E-state index in [0.29, 0.717) is 6.42 Å². The Hall–Kier alpha value is -0.140. The third-order valence-electron chi connectivity index (χ3n) is 3.77. The SMILES string of the molecule is CC(C)(C)C1CCC2(F)CC1(F)C2. The van der Waals surface area contributed by atoms with Crippen molar-refractivity contribution in [2.24, 2.45) is 11.3 Å². The minimum absolute atomic E-state index is 0.0174. The Bertz CT molecular complexity index is 221. The third kappa shape index (κ3) is 1.29. The quantitative estimate of drug-likeness (QED) is 0.544. The fourth-order valence-electron chi connectivity index (χ4n) is 3.30. The lowest BCUT2D eigenvalue weighted by atomic mass is 9.51. The first-order chi connectivity index (χ1) is 5.75. The van der Waals surface area contributed by atoms with Gasteiger partial charge in [-0.05, 0) is 24.2 Å². The second-order valence-electron chi connectivity index (χ2n) is 6.00. The van der Waals surface area contributed by atoms with E-state index in [1.165, 1.54) is 0 Å². The van der Waals surface area contributed by atoms with Gasteiger partial charge in [-0.3, -0.25) is 0 Å². The lowest BCUT2D eigenvalue weighted by Gasteiger charge is -2.58. The maximum absolute atomic E-state index is 14.1. The molecule has 0 spiro atoms. The van der Waals surface area contributed by atoms with Crippen LogP contribution in [-0.2, 0) is 0 Å². The van der Waals surface area contributed by atoms with Gasteiger partial charge < -0.3 is 0 Å². The van der Waals surface area contributed by atoms with Gasteiger partial charge in [0.15, 0.2) is 0 Å². The van der Waals surface area contributed by atoms with Crippen molar-refractivity contribution in [3.05, 3.63) is 0 Å². The molecule has 0 aromatic carbocycles. The Morgan fingerprint density at radius 2 is 1.69 bits per heavy atom. The first-order valence-electron chi connectivity index (χ1n) is 5.13. The molecule has 2 heteroatoms. The summed E-state index contributed by atoms with van der Waals surface area (Å²) in [6.07, 6.45) is 1.60. The molecule has 0 aromatic heterocycles. The molecule has 2 bridgehead atoms. The second kappa shape index (κ2) is 2.26. The van der Waals surface area contributed by atoms with Gasteiger partial charge >= 0.3 is 0 Å². The molecular formula is C11H18F2. The molecule has 0 heterocycles. The summed E-state index contributed by atoms with van der Waals surface area (Å²) in [5.41, 5.74) is -2.35. The predicted molar refractivity (Wildman–Crippen MR) is 49.1 cm³/mol. The summed E-state index contributed by atoms with van der Waals surface area (Å²) < 4.78 is 27.6. The molecule has 3 aliphatic rings. The van der Waals surface area contributed by atoms with E-state index < -0.39 is 11.3 Å².